The quantitative estimate of drug-likeness (QED) is 0.595. The van der Waals surface area contributed by atoms with Gasteiger partial charge in [-0.25, -0.2) is 16.8 Å². The van der Waals surface area contributed by atoms with Crippen molar-refractivity contribution in [1.29, 1.82) is 0 Å². The zero-order chi connectivity index (χ0) is 18.6. The van der Waals surface area contributed by atoms with Crippen molar-refractivity contribution in [2.45, 2.75) is 42.7 Å². The molecule has 2 unspecified atom stereocenters. The summed E-state index contributed by atoms with van der Waals surface area (Å²) in [5.74, 6) is 0. The van der Waals surface area contributed by atoms with Gasteiger partial charge in [0.1, 0.15) is 6.23 Å². The Balaban J connectivity index is 2.90. The Morgan fingerprint density at radius 1 is 1.04 bits per heavy atom. The van der Waals surface area contributed by atoms with Crippen molar-refractivity contribution in [3.05, 3.63) is 35.9 Å². The Kier molecular flexibility index (Phi) is 6.94. The van der Waals surface area contributed by atoms with Crippen LogP contribution in [-0.4, -0.2) is 45.7 Å². The van der Waals surface area contributed by atoms with Crippen molar-refractivity contribution >= 4 is 19.7 Å². The Morgan fingerprint density at radius 3 is 1.96 bits per heavy atom. The molecule has 138 valence electrons. The molecule has 0 bridgehead atoms. The van der Waals surface area contributed by atoms with Crippen LogP contribution in [0.25, 0.3) is 0 Å². The third-order valence-electron chi connectivity index (χ3n) is 4.14. The van der Waals surface area contributed by atoms with E-state index in [0.29, 0.717) is 0 Å². The van der Waals surface area contributed by atoms with Gasteiger partial charge in [0.2, 0.25) is 0 Å². The Bertz CT molecular complexity index is 700. The summed E-state index contributed by atoms with van der Waals surface area (Å²) >= 11 is 0. The van der Waals surface area contributed by atoms with Crippen molar-refractivity contribution in [3.63, 3.8) is 0 Å². The summed E-state index contributed by atoms with van der Waals surface area (Å²) < 4.78 is 52.1. The van der Waals surface area contributed by atoms with Gasteiger partial charge < -0.3 is 16.2 Å². The van der Waals surface area contributed by atoms with Gasteiger partial charge in [0.25, 0.3) is 0 Å². The van der Waals surface area contributed by atoms with Crippen molar-refractivity contribution in [2.75, 3.05) is 12.5 Å². The largest absolute Gasteiger partial charge is 0.357 e. The smallest absolute Gasteiger partial charge is 0.174 e. The number of ether oxygens (including phenoxy) is 1. The standard InChI is InChI=1S/C15H26N2O5S2/c1-4-15(23(2,18)19,24(3,20)21)10-13(16)14(17)22-11-12-8-6-5-7-9-12/h5-9,13-14H,4,10-11,16-17H2,1-3H3. The summed E-state index contributed by atoms with van der Waals surface area (Å²) in [5, 5.41) is 0. The van der Waals surface area contributed by atoms with Crippen LogP contribution >= 0.6 is 0 Å². The van der Waals surface area contributed by atoms with Crippen molar-refractivity contribution in [1.82, 2.24) is 0 Å². The molecule has 7 nitrogen and oxygen atoms in total. The van der Waals surface area contributed by atoms with E-state index in [1.54, 1.807) is 0 Å². The lowest BCUT2D eigenvalue weighted by Crippen LogP contribution is -2.54. The van der Waals surface area contributed by atoms with Gasteiger partial charge in [-0.1, -0.05) is 37.3 Å². The highest BCUT2D eigenvalue weighted by Crippen LogP contribution is 2.33. The predicted octanol–water partition coefficient (Wildman–Crippen LogP) is 0.401. The summed E-state index contributed by atoms with van der Waals surface area (Å²) in [6, 6.07) is 8.31. The van der Waals surface area contributed by atoms with Crippen LogP contribution in [-0.2, 0) is 31.0 Å². The highest BCUT2D eigenvalue weighted by Gasteiger charge is 2.50. The minimum Gasteiger partial charge on any atom is -0.357 e. The van der Waals surface area contributed by atoms with E-state index in [1.165, 1.54) is 6.92 Å². The summed E-state index contributed by atoms with van der Waals surface area (Å²) in [6.07, 6.45) is 0.391. The fraction of sp³-hybridized carbons (Fsp3) is 0.600. The molecule has 0 radical (unpaired) electrons. The van der Waals surface area contributed by atoms with Crippen LogP contribution in [0, 0.1) is 0 Å². The molecule has 0 amide bonds. The summed E-state index contributed by atoms with van der Waals surface area (Å²) in [4.78, 5) is 0. The zero-order valence-corrected chi connectivity index (χ0v) is 15.8. The molecule has 2 atom stereocenters. The van der Waals surface area contributed by atoms with Crippen LogP contribution in [0.1, 0.15) is 25.3 Å². The number of hydrogen-bond acceptors (Lipinski definition) is 7. The lowest BCUT2D eigenvalue weighted by atomic mass is 10.1. The SMILES string of the molecule is CCC(CC(N)C(N)OCc1ccccc1)(S(C)(=O)=O)S(C)(=O)=O. The molecule has 1 rings (SSSR count). The van der Waals surface area contributed by atoms with Gasteiger partial charge in [0.05, 0.1) is 6.61 Å². The maximum absolute atomic E-state index is 12.2. The van der Waals surface area contributed by atoms with Crippen LogP contribution in [0.3, 0.4) is 0 Å². The van der Waals surface area contributed by atoms with Crippen LogP contribution < -0.4 is 11.5 Å². The number of benzene rings is 1. The average molecular weight is 379 g/mol. The molecule has 0 saturated carbocycles. The van der Waals surface area contributed by atoms with Crippen molar-refractivity contribution < 1.29 is 21.6 Å². The topological polar surface area (TPSA) is 130 Å². The first kappa shape index (κ1) is 21.0. The van der Waals surface area contributed by atoms with Gasteiger partial charge in [0.15, 0.2) is 23.8 Å². The van der Waals surface area contributed by atoms with Gasteiger partial charge in [0, 0.05) is 25.0 Å². The van der Waals surface area contributed by atoms with Crippen molar-refractivity contribution in [2.24, 2.45) is 11.5 Å². The van der Waals surface area contributed by atoms with Crippen LogP contribution in [0.5, 0.6) is 0 Å². The molecule has 0 aliphatic heterocycles. The molecule has 0 saturated heterocycles. The first-order valence-electron chi connectivity index (χ1n) is 7.50. The summed E-state index contributed by atoms with van der Waals surface area (Å²) in [7, 11) is -7.82. The fourth-order valence-corrected chi connectivity index (χ4v) is 6.85. The molecular weight excluding hydrogens is 352 g/mol. The lowest BCUT2D eigenvalue weighted by Gasteiger charge is -2.33. The van der Waals surface area contributed by atoms with Gasteiger partial charge >= 0.3 is 0 Å². The molecule has 0 aliphatic carbocycles. The third kappa shape index (κ3) is 4.76. The van der Waals surface area contributed by atoms with E-state index in [9.17, 15) is 16.8 Å². The Morgan fingerprint density at radius 2 is 1.54 bits per heavy atom. The minimum absolute atomic E-state index is 0.107. The molecule has 0 heterocycles. The molecule has 4 N–H and O–H groups in total. The van der Waals surface area contributed by atoms with Crippen LogP contribution in [0.4, 0.5) is 0 Å². The first-order chi connectivity index (χ1) is 10.9. The van der Waals surface area contributed by atoms with Crippen LogP contribution in [0.15, 0.2) is 30.3 Å². The van der Waals surface area contributed by atoms with Gasteiger partial charge in [-0.15, -0.1) is 0 Å². The second kappa shape index (κ2) is 7.92. The molecule has 1 aromatic rings. The minimum atomic E-state index is -3.91. The predicted molar refractivity (Wildman–Crippen MR) is 94.5 cm³/mol. The first-order valence-corrected chi connectivity index (χ1v) is 11.3. The molecule has 0 fully saturated rings. The number of sulfone groups is 2. The van der Waals surface area contributed by atoms with Gasteiger partial charge in [-0.3, -0.25) is 0 Å². The molecule has 24 heavy (non-hydrogen) atoms. The number of nitrogens with two attached hydrogens (primary N) is 2. The van der Waals surface area contributed by atoms with E-state index in [0.717, 1.165) is 18.1 Å². The van der Waals surface area contributed by atoms with E-state index < -0.39 is 36.0 Å². The molecule has 0 spiro atoms. The second-order valence-corrected chi connectivity index (χ2v) is 10.8. The summed E-state index contributed by atoms with van der Waals surface area (Å²) in [5.41, 5.74) is 12.7. The van der Waals surface area contributed by atoms with E-state index in [-0.39, 0.29) is 19.4 Å². The highest BCUT2D eigenvalue weighted by molar-refractivity contribution is 8.09. The van der Waals surface area contributed by atoms with Crippen molar-refractivity contribution in [3.8, 4) is 0 Å². The summed E-state index contributed by atoms with van der Waals surface area (Å²) in [6.45, 7) is 1.71. The highest BCUT2D eigenvalue weighted by atomic mass is 32.3. The molecule has 9 heteroatoms. The Hall–Kier alpha value is -1.00. The van der Waals surface area contributed by atoms with E-state index in [4.69, 9.17) is 16.2 Å². The fourth-order valence-electron chi connectivity index (χ4n) is 2.61. The molecule has 0 aromatic heterocycles. The average Bonchev–Trinajstić information content (AvgIpc) is 2.48. The molecular formula is C15H26N2O5S2. The third-order valence-corrected chi connectivity index (χ3v) is 9.57. The van der Waals surface area contributed by atoms with E-state index in [2.05, 4.69) is 0 Å². The zero-order valence-electron chi connectivity index (χ0n) is 14.2. The molecule has 0 aliphatic rings. The maximum Gasteiger partial charge on any atom is 0.174 e. The van der Waals surface area contributed by atoms with Gasteiger partial charge in [-0.2, -0.15) is 0 Å². The monoisotopic (exact) mass is 378 g/mol. The van der Waals surface area contributed by atoms with Gasteiger partial charge in [-0.05, 0) is 12.0 Å². The number of rotatable bonds is 9. The van der Waals surface area contributed by atoms with Crippen LogP contribution in [0.2, 0.25) is 0 Å². The van der Waals surface area contributed by atoms with E-state index in [1.807, 2.05) is 30.3 Å². The number of hydrogen-bond donors (Lipinski definition) is 2. The lowest BCUT2D eigenvalue weighted by molar-refractivity contribution is 0.0251. The van der Waals surface area contributed by atoms with E-state index >= 15 is 0 Å². The Labute approximate surface area is 144 Å². The maximum atomic E-state index is 12.2. The second-order valence-electron chi connectivity index (χ2n) is 5.94. The molecule has 1 aromatic carbocycles. The normalized spacial score (nSPS) is 15.9.